The van der Waals surface area contributed by atoms with Crippen molar-refractivity contribution < 1.29 is 0 Å². The molecule has 1 spiro atoms. The molecule has 0 amide bonds. The Morgan fingerprint density at radius 2 is 1.93 bits per heavy atom. The molecule has 15 heavy (non-hydrogen) atoms. The van der Waals surface area contributed by atoms with E-state index in [9.17, 15) is 0 Å². The van der Waals surface area contributed by atoms with Crippen molar-refractivity contribution in [2.24, 2.45) is 0 Å². The third-order valence-corrected chi connectivity index (χ3v) is 4.05. The lowest BCUT2D eigenvalue weighted by Gasteiger charge is -2.34. The van der Waals surface area contributed by atoms with Crippen LogP contribution in [-0.4, -0.2) is 5.54 Å². The minimum absolute atomic E-state index is 0.366. The number of halogens is 1. The molecule has 3 rings (SSSR count). The van der Waals surface area contributed by atoms with Gasteiger partial charge in [0, 0.05) is 16.2 Å². The summed E-state index contributed by atoms with van der Waals surface area (Å²) < 4.78 is 0. The Morgan fingerprint density at radius 3 is 2.73 bits per heavy atom. The second-order valence-corrected chi connectivity index (χ2v) is 5.38. The Bertz CT molecular complexity index is 380. The minimum Gasteiger partial charge on any atom is -0.379 e. The molecule has 80 valence electrons. The van der Waals surface area contributed by atoms with Crippen LogP contribution in [0.3, 0.4) is 0 Å². The Balaban J connectivity index is 1.90. The number of benzene rings is 1. The molecule has 2 aliphatic rings. The molecule has 1 heterocycles. The van der Waals surface area contributed by atoms with E-state index in [4.69, 9.17) is 11.6 Å². The molecular weight excluding hydrogens is 206 g/mol. The first-order valence-corrected chi connectivity index (χ1v) is 6.22. The lowest BCUT2D eigenvalue weighted by molar-refractivity contribution is 0.333. The smallest absolute Gasteiger partial charge is 0.0426 e. The summed E-state index contributed by atoms with van der Waals surface area (Å²) >= 11 is 6.01. The van der Waals surface area contributed by atoms with Crippen molar-refractivity contribution in [1.82, 2.24) is 0 Å². The fourth-order valence-electron chi connectivity index (χ4n) is 3.04. The molecule has 1 nitrogen and oxygen atoms in total. The van der Waals surface area contributed by atoms with Crippen molar-refractivity contribution in [3.63, 3.8) is 0 Å². The Hall–Kier alpha value is -0.690. The van der Waals surface area contributed by atoms with E-state index in [1.54, 1.807) is 0 Å². The maximum absolute atomic E-state index is 6.01. The van der Waals surface area contributed by atoms with Gasteiger partial charge < -0.3 is 5.32 Å². The van der Waals surface area contributed by atoms with Gasteiger partial charge in [-0.15, -0.1) is 0 Å². The first kappa shape index (κ1) is 9.53. The lowest BCUT2D eigenvalue weighted by atomic mass is 9.80. The predicted octanol–water partition coefficient (Wildman–Crippen LogP) is 4.01. The van der Waals surface area contributed by atoms with Crippen molar-refractivity contribution >= 4 is 17.3 Å². The first-order chi connectivity index (χ1) is 7.27. The van der Waals surface area contributed by atoms with E-state index in [2.05, 4.69) is 17.4 Å². The Labute approximate surface area is 95.8 Å². The summed E-state index contributed by atoms with van der Waals surface area (Å²) in [5.41, 5.74) is 3.08. The summed E-state index contributed by atoms with van der Waals surface area (Å²) in [4.78, 5) is 0. The van der Waals surface area contributed by atoms with Gasteiger partial charge >= 0.3 is 0 Å². The van der Waals surface area contributed by atoms with Crippen molar-refractivity contribution in [1.29, 1.82) is 0 Å². The van der Waals surface area contributed by atoms with Crippen LogP contribution < -0.4 is 5.32 Å². The van der Waals surface area contributed by atoms with E-state index in [0.717, 1.165) is 5.02 Å². The average molecular weight is 222 g/mol. The van der Waals surface area contributed by atoms with E-state index >= 15 is 0 Å². The van der Waals surface area contributed by atoms with Gasteiger partial charge in [-0.05, 0) is 37.0 Å². The molecule has 0 unspecified atom stereocenters. The van der Waals surface area contributed by atoms with E-state index in [1.165, 1.54) is 49.8 Å². The summed E-state index contributed by atoms with van der Waals surface area (Å²) in [5.74, 6) is 0. The topological polar surface area (TPSA) is 12.0 Å². The van der Waals surface area contributed by atoms with Gasteiger partial charge in [-0.3, -0.25) is 0 Å². The molecular formula is C13H16ClN. The third-order valence-electron chi connectivity index (χ3n) is 3.81. The molecule has 0 saturated heterocycles. The number of fused-ring (bicyclic) bond motifs is 1. The average Bonchev–Trinajstić information content (AvgIpc) is 2.56. The van der Waals surface area contributed by atoms with Crippen LogP contribution in [-0.2, 0) is 6.42 Å². The quantitative estimate of drug-likeness (QED) is 0.698. The highest BCUT2D eigenvalue weighted by Crippen LogP contribution is 2.42. The van der Waals surface area contributed by atoms with Crippen LogP contribution in [0.2, 0.25) is 5.02 Å². The van der Waals surface area contributed by atoms with Crippen molar-refractivity contribution in [2.45, 2.75) is 44.1 Å². The van der Waals surface area contributed by atoms with Gasteiger partial charge in [0.25, 0.3) is 0 Å². The summed E-state index contributed by atoms with van der Waals surface area (Å²) in [6.07, 6.45) is 7.97. The molecule has 1 N–H and O–H groups in total. The Kier molecular flexibility index (Phi) is 2.17. The molecule has 0 atom stereocenters. The van der Waals surface area contributed by atoms with Crippen molar-refractivity contribution in [3.8, 4) is 0 Å². The molecule has 2 heteroatoms. The largest absolute Gasteiger partial charge is 0.379 e. The predicted molar refractivity (Wildman–Crippen MR) is 64.6 cm³/mol. The Morgan fingerprint density at radius 1 is 1.13 bits per heavy atom. The monoisotopic (exact) mass is 221 g/mol. The van der Waals surface area contributed by atoms with E-state index in [-0.39, 0.29) is 0 Å². The molecule has 1 aromatic carbocycles. The number of hydrogen-bond donors (Lipinski definition) is 1. The van der Waals surface area contributed by atoms with Crippen LogP contribution >= 0.6 is 11.6 Å². The van der Waals surface area contributed by atoms with E-state index in [0.29, 0.717) is 5.54 Å². The van der Waals surface area contributed by atoms with E-state index < -0.39 is 0 Å². The van der Waals surface area contributed by atoms with Gasteiger partial charge in [0.1, 0.15) is 0 Å². The summed E-state index contributed by atoms with van der Waals surface area (Å²) in [6.45, 7) is 0. The normalized spacial score (nSPS) is 22.5. The van der Waals surface area contributed by atoms with Gasteiger partial charge in [0.15, 0.2) is 0 Å². The second-order valence-electron chi connectivity index (χ2n) is 4.94. The molecule has 0 bridgehead atoms. The van der Waals surface area contributed by atoms with Gasteiger partial charge in [0.05, 0.1) is 0 Å². The number of anilines is 1. The standard InChI is InChI=1S/C13H16ClN/c14-11-5-4-10-9-13(15-12(10)8-11)6-2-1-3-7-13/h4-5,8,15H,1-3,6-7,9H2. The van der Waals surface area contributed by atoms with Crippen LogP contribution in [0, 0.1) is 0 Å². The van der Waals surface area contributed by atoms with Gasteiger partial charge in [-0.2, -0.15) is 0 Å². The maximum atomic E-state index is 6.01. The van der Waals surface area contributed by atoms with Gasteiger partial charge in [0.2, 0.25) is 0 Å². The highest BCUT2D eigenvalue weighted by molar-refractivity contribution is 6.30. The zero-order chi connectivity index (χ0) is 10.3. The molecule has 1 aromatic rings. The molecule has 1 aliphatic carbocycles. The number of hydrogen-bond acceptors (Lipinski definition) is 1. The van der Waals surface area contributed by atoms with Crippen molar-refractivity contribution in [3.05, 3.63) is 28.8 Å². The van der Waals surface area contributed by atoms with E-state index in [1.807, 2.05) is 6.07 Å². The lowest BCUT2D eigenvalue weighted by Crippen LogP contribution is -2.38. The number of nitrogens with one attached hydrogen (secondary N) is 1. The second kappa shape index (κ2) is 3.41. The molecule has 1 saturated carbocycles. The summed E-state index contributed by atoms with van der Waals surface area (Å²) in [5, 5.41) is 4.55. The van der Waals surface area contributed by atoms with Crippen LogP contribution in [0.1, 0.15) is 37.7 Å². The highest BCUT2D eigenvalue weighted by Gasteiger charge is 2.37. The van der Waals surface area contributed by atoms with Gasteiger partial charge in [-0.25, -0.2) is 0 Å². The first-order valence-electron chi connectivity index (χ1n) is 5.84. The highest BCUT2D eigenvalue weighted by atomic mass is 35.5. The molecule has 0 aromatic heterocycles. The number of rotatable bonds is 0. The van der Waals surface area contributed by atoms with Crippen LogP contribution in [0.4, 0.5) is 5.69 Å². The molecule has 1 aliphatic heterocycles. The zero-order valence-electron chi connectivity index (χ0n) is 8.85. The van der Waals surface area contributed by atoms with Crippen LogP contribution in [0.25, 0.3) is 0 Å². The fraction of sp³-hybridized carbons (Fsp3) is 0.538. The summed E-state index contributed by atoms with van der Waals surface area (Å²) in [6, 6.07) is 6.25. The summed E-state index contributed by atoms with van der Waals surface area (Å²) in [7, 11) is 0. The van der Waals surface area contributed by atoms with Crippen molar-refractivity contribution in [2.75, 3.05) is 5.32 Å². The van der Waals surface area contributed by atoms with Crippen LogP contribution in [0.5, 0.6) is 0 Å². The fourth-order valence-corrected chi connectivity index (χ4v) is 3.22. The SMILES string of the molecule is Clc1ccc2c(c1)NC1(CCCCC1)C2. The van der Waals surface area contributed by atoms with Crippen LogP contribution in [0.15, 0.2) is 18.2 Å². The minimum atomic E-state index is 0.366. The third kappa shape index (κ3) is 1.63. The van der Waals surface area contributed by atoms with Gasteiger partial charge in [-0.1, -0.05) is 36.9 Å². The maximum Gasteiger partial charge on any atom is 0.0426 e. The molecule has 0 radical (unpaired) electrons. The molecule has 1 fully saturated rings. The zero-order valence-corrected chi connectivity index (χ0v) is 9.61.